The quantitative estimate of drug-likeness (QED) is 0.902. The van der Waals surface area contributed by atoms with E-state index in [2.05, 4.69) is 11.4 Å². The van der Waals surface area contributed by atoms with Gasteiger partial charge in [-0.3, -0.25) is 4.79 Å². The molecule has 0 saturated heterocycles. The van der Waals surface area contributed by atoms with Gasteiger partial charge in [-0.2, -0.15) is 5.26 Å². The third-order valence-electron chi connectivity index (χ3n) is 3.32. The Morgan fingerprint density at radius 1 is 1.58 bits per heavy atom. The van der Waals surface area contributed by atoms with Crippen molar-refractivity contribution in [2.45, 2.75) is 32.2 Å². The molecule has 4 nitrogen and oxygen atoms in total. The third-order valence-corrected chi connectivity index (χ3v) is 3.32. The van der Waals surface area contributed by atoms with Gasteiger partial charge in [-0.25, -0.2) is 0 Å². The fourth-order valence-corrected chi connectivity index (χ4v) is 2.31. The topological polar surface area (TPSA) is 62.1 Å². The van der Waals surface area contributed by atoms with E-state index in [1.54, 1.807) is 0 Å². The second-order valence-corrected chi connectivity index (χ2v) is 4.71. The molecule has 1 aromatic carbocycles. The molecule has 0 radical (unpaired) electrons. The monoisotopic (exact) mass is 258 g/mol. The molecule has 1 aliphatic rings. The molecule has 1 aromatic rings. The summed E-state index contributed by atoms with van der Waals surface area (Å²) in [4.78, 5) is 12.1. The van der Waals surface area contributed by atoms with E-state index in [1.807, 2.05) is 31.2 Å². The smallest absolute Gasteiger partial charge is 0.237 e. The predicted octanol–water partition coefficient (Wildman–Crippen LogP) is 2.57. The molecule has 0 aliphatic carbocycles. The maximum absolute atomic E-state index is 12.1. The first-order chi connectivity index (χ1) is 9.26. The minimum atomic E-state index is -0.556. The number of carbonyl (C=O) groups excluding carboxylic acids is 1. The third kappa shape index (κ3) is 3.05. The number of amides is 1. The molecular formula is C15H18N2O2. The molecule has 1 amide bonds. The van der Waals surface area contributed by atoms with Crippen LogP contribution in [0.2, 0.25) is 0 Å². The van der Waals surface area contributed by atoms with Gasteiger partial charge in [-0.15, -0.1) is 0 Å². The normalized spacial score (nSPS) is 18.6. The lowest BCUT2D eigenvalue weighted by atomic mass is 9.98. The lowest BCUT2D eigenvalue weighted by Gasteiger charge is -2.27. The summed E-state index contributed by atoms with van der Waals surface area (Å²) in [6, 6.07) is 9.73. The first-order valence-electron chi connectivity index (χ1n) is 6.68. The summed E-state index contributed by atoms with van der Waals surface area (Å²) >= 11 is 0. The Morgan fingerprint density at radius 2 is 2.37 bits per heavy atom. The molecule has 2 unspecified atom stereocenters. The molecule has 0 spiro atoms. The molecule has 100 valence electrons. The van der Waals surface area contributed by atoms with Crippen molar-refractivity contribution in [1.82, 2.24) is 5.32 Å². The number of hydrogen-bond donors (Lipinski definition) is 1. The van der Waals surface area contributed by atoms with Gasteiger partial charge in [-0.1, -0.05) is 31.5 Å². The van der Waals surface area contributed by atoms with Crippen LogP contribution >= 0.6 is 0 Å². The van der Waals surface area contributed by atoms with Crippen molar-refractivity contribution in [3.05, 3.63) is 29.8 Å². The van der Waals surface area contributed by atoms with Gasteiger partial charge in [0.05, 0.1) is 18.7 Å². The van der Waals surface area contributed by atoms with Crippen LogP contribution in [0.4, 0.5) is 0 Å². The van der Waals surface area contributed by atoms with E-state index >= 15 is 0 Å². The van der Waals surface area contributed by atoms with Crippen LogP contribution in [0.5, 0.6) is 5.75 Å². The number of rotatable bonds is 4. The fourth-order valence-electron chi connectivity index (χ4n) is 2.31. The van der Waals surface area contributed by atoms with Crippen LogP contribution in [-0.4, -0.2) is 12.5 Å². The number of benzene rings is 1. The van der Waals surface area contributed by atoms with Gasteiger partial charge in [0.1, 0.15) is 11.7 Å². The van der Waals surface area contributed by atoms with Crippen LogP contribution in [0.25, 0.3) is 0 Å². The van der Waals surface area contributed by atoms with E-state index in [-0.39, 0.29) is 11.9 Å². The van der Waals surface area contributed by atoms with Gasteiger partial charge < -0.3 is 10.1 Å². The summed E-state index contributed by atoms with van der Waals surface area (Å²) < 4.78 is 5.55. The largest absolute Gasteiger partial charge is 0.493 e. The second-order valence-electron chi connectivity index (χ2n) is 4.71. The van der Waals surface area contributed by atoms with Crippen molar-refractivity contribution in [3.8, 4) is 11.8 Å². The van der Waals surface area contributed by atoms with Crippen LogP contribution in [0.1, 0.15) is 37.8 Å². The summed E-state index contributed by atoms with van der Waals surface area (Å²) in [6.45, 7) is 2.56. The lowest BCUT2D eigenvalue weighted by molar-refractivity contribution is -0.124. The van der Waals surface area contributed by atoms with Gasteiger partial charge in [0.2, 0.25) is 5.91 Å². The Hall–Kier alpha value is -2.02. The first-order valence-corrected chi connectivity index (χ1v) is 6.68. The number of carbonyl (C=O) groups is 1. The lowest BCUT2D eigenvalue weighted by Crippen LogP contribution is -2.35. The molecule has 1 N–H and O–H groups in total. The van der Waals surface area contributed by atoms with E-state index in [0.717, 1.165) is 24.2 Å². The first kappa shape index (κ1) is 13.4. The Kier molecular flexibility index (Phi) is 4.40. The van der Waals surface area contributed by atoms with E-state index < -0.39 is 5.92 Å². The minimum absolute atomic E-state index is 0.0508. The van der Waals surface area contributed by atoms with Crippen molar-refractivity contribution in [3.63, 3.8) is 0 Å². The number of nitriles is 1. The maximum Gasteiger partial charge on any atom is 0.237 e. The van der Waals surface area contributed by atoms with Crippen LogP contribution in [0.3, 0.4) is 0 Å². The Bertz CT molecular complexity index is 493. The minimum Gasteiger partial charge on any atom is -0.493 e. The molecule has 19 heavy (non-hydrogen) atoms. The van der Waals surface area contributed by atoms with Gasteiger partial charge in [0.25, 0.3) is 0 Å². The number of hydrogen-bond acceptors (Lipinski definition) is 3. The average Bonchev–Trinajstić information content (AvgIpc) is 2.45. The Morgan fingerprint density at radius 3 is 3.11 bits per heavy atom. The van der Waals surface area contributed by atoms with Gasteiger partial charge >= 0.3 is 0 Å². The number of fused-ring (bicyclic) bond motifs is 1. The standard InChI is InChI=1S/C15H18N2O2/c1-2-5-11(10-16)15(18)17-13-8-9-19-14-7-4-3-6-12(13)14/h3-4,6-7,11,13H,2,5,8-9H2,1H3,(H,17,18). The van der Waals surface area contributed by atoms with E-state index in [4.69, 9.17) is 10.00 Å². The summed E-state index contributed by atoms with van der Waals surface area (Å²) in [5.41, 5.74) is 0.996. The van der Waals surface area contributed by atoms with E-state index in [1.165, 1.54) is 0 Å². The maximum atomic E-state index is 12.1. The molecule has 0 bridgehead atoms. The number of para-hydroxylation sites is 1. The zero-order valence-corrected chi connectivity index (χ0v) is 11.1. The van der Waals surface area contributed by atoms with Crippen LogP contribution in [0.15, 0.2) is 24.3 Å². The van der Waals surface area contributed by atoms with E-state index in [9.17, 15) is 4.79 Å². The van der Waals surface area contributed by atoms with Gasteiger partial charge in [0, 0.05) is 12.0 Å². The van der Waals surface area contributed by atoms with Crippen LogP contribution in [-0.2, 0) is 4.79 Å². The highest BCUT2D eigenvalue weighted by molar-refractivity contribution is 5.81. The van der Waals surface area contributed by atoms with Crippen LogP contribution in [0, 0.1) is 17.2 Å². The highest BCUT2D eigenvalue weighted by Crippen LogP contribution is 2.31. The zero-order chi connectivity index (χ0) is 13.7. The molecule has 0 fully saturated rings. The van der Waals surface area contributed by atoms with Gasteiger partial charge in [-0.05, 0) is 12.5 Å². The Labute approximate surface area is 113 Å². The van der Waals surface area contributed by atoms with E-state index in [0.29, 0.717) is 13.0 Å². The zero-order valence-electron chi connectivity index (χ0n) is 11.1. The van der Waals surface area contributed by atoms with Crippen LogP contribution < -0.4 is 10.1 Å². The average molecular weight is 258 g/mol. The summed E-state index contributed by atoms with van der Waals surface area (Å²) in [6.07, 6.45) is 2.18. The number of nitrogens with zero attached hydrogens (tertiary/aromatic N) is 1. The summed E-state index contributed by atoms with van der Waals surface area (Å²) in [5.74, 6) is 0.0918. The van der Waals surface area contributed by atoms with Crippen molar-refractivity contribution in [2.75, 3.05) is 6.61 Å². The molecular weight excluding hydrogens is 240 g/mol. The highest BCUT2D eigenvalue weighted by Gasteiger charge is 2.25. The molecule has 4 heteroatoms. The fraction of sp³-hybridized carbons (Fsp3) is 0.467. The SMILES string of the molecule is CCCC(C#N)C(=O)NC1CCOc2ccccc21. The second kappa shape index (κ2) is 6.24. The summed E-state index contributed by atoms with van der Waals surface area (Å²) in [7, 11) is 0. The predicted molar refractivity (Wildman–Crippen MR) is 71.4 cm³/mol. The molecule has 1 aliphatic heterocycles. The van der Waals surface area contributed by atoms with Crippen molar-refractivity contribution in [1.29, 1.82) is 5.26 Å². The summed E-state index contributed by atoms with van der Waals surface area (Å²) in [5, 5.41) is 12.0. The number of ether oxygens (including phenoxy) is 1. The van der Waals surface area contributed by atoms with Crippen molar-refractivity contribution in [2.24, 2.45) is 5.92 Å². The van der Waals surface area contributed by atoms with Crippen molar-refractivity contribution < 1.29 is 9.53 Å². The molecule has 0 aromatic heterocycles. The molecule has 0 saturated carbocycles. The Balaban J connectivity index is 2.08. The molecule has 2 atom stereocenters. The van der Waals surface area contributed by atoms with Crippen molar-refractivity contribution >= 4 is 5.91 Å². The number of nitrogens with one attached hydrogen (secondary N) is 1. The molecule has 2 rings (SSSR count). The highest BCUT2D eigenvalue weighted by atomic mass is 16.5. The van der Waals surface area contributed by atoms with Gasteiger partial charge in [0.15, 0.2) is 0 Å². The molecule has 1 heterocycles.